The molecule has 0 aromatic rings. The molecule has 0 spiro atoms. The van der Waals surface area contributed by atoms with Crippen LogP contribution in [0.1, 0.15) is 32.1 Å². The maximum absolute atomic E-state index is 11.4. The first-order chi connectivity index (χ1) is 5.88. The third kappa shape index (κ3) is 1.68. The molecule has 1 fully saturated rings. The Morgan fingerprint density at radius 1 is 1.25 bits per heavy atom. The van der Waals surface area contributed by atoms with E-state index in [0.29, 0.717) is 6.04 Å². The minimum Gasteiger partial charge on any atom is -0.593 e. The van der Waals surface area contributed by atoms with Crippen LogP contribution in [0.25, 0.3) is 0 Å². The minimum atomic E-state index is -0.805. The lowest BCUT2D eigenvalue weighted by Crippen LogP contribution is -2.37. The van der Waals surface area contributed by atoms with Gasteiger partial charge in [0.1, 0.15) is 5.41 Å². The van der Waals surface area contributed by atoms with E-state index in [1.165, 1.54) is 32.1 Å². The fraction of sp³-hybridized carbons (Fsp3) is 0.778. The molecule has 0 saturated heterocycles. The average Bonchev–Trinajstić information content (AvgIpc) is 2.53. The van der Waals surface area contributed by atoms with Crippen LogP contribution < -0.4 is 0 Å². The summed E-state index contributed by atoms with van der Waals surface area (Å²) in [4.78, 5) is 0. The van der Waals surface area contributed by atoms with Crippen molar-refractivity contribution in [2.24, 2.45) is 0 Å². The van der Waals surface area contributed by atoms with Crippen molar-refractivity contribution >= 4 is 11.4 Å². The molecule has 0 N–H and O–H groups in total. The van der Waals surface area contributed by atoms with E-state index in [1.54, 1.807) is 0 Å². The fourth-order valence-electron chi connectivity index (χ4n) is 2.05. The van der Waals surface area contributed by atoms with E-state index in [2.05, 4.69) is 4.31 Å². The van der Waals surface area contributed by atoms with Crippen molar-refractivity contribution in [2.45, 2.75) is 38.1 Å². The Morgan fingerprint density at radius 2 is 2.00 bits per heavy atom. The number of hydrogen-bond donors (Lipinski definition) is 0. The lowest BCUT2D eigenvalue weighted by molar-refractivity contribution is 0.275. The van der Waals surface area contributed by atoms with Gasteiger partial charge in [0, 0.05) is 0 Å². The summed E-state index contributed by atoms with van der Waals surface area (Å²) in [6.45, 7) is 0.900. The number of nitrogens with zero attached hydrogens (tertiary/aromatic N) is 1. The number of rotatable bonds is 1. The summed E-state index contributed by atoms with van der Waals surface area (Å²) in [7, 11) is 0. The molecule has 2 aliphatic rings. The highest BCUT2D eigenvalue weighted by molar-refractivity contribution is 7.92. The van der Waals surface area contributed by atoms with E-state index in [9.17, 15) is 4.55 Å². The van der Waals surface area contributed by atoms with Crippen molar-refractivity contribution in [3.8, 4) is 0 Å². The topological polar surface area (TPSA) is 26.3 Å². The van der Waals surface area contributed by atoms with Crippen LogP contribution in [0.5, 0.6) is 0 Å². The zero-order valence-electron chi connectivity index (χ0n) is 7.24. The maximum atomic E-state index is 11.4. The summed E-state index contributed by atoms with van der Waals surface area (Å²) >= 11 is -0.805. The van der Waals surface area contributed by atoms with Gasteiger partial charge < -0.3 is 4.55 Å². The van der Waals surface area contributed by atoms with Crippen molar-refractivity contribution in [2.75, 3.05) is 6.54 Å². The van der Waals surface area contributed by atoms with Crippen LogP contribution in [0.4, 0.5) is 0 Å². The second-order valence-electron chi connectivity index (χ2n) is 3.54. The van der Waals surface area contributed by atoms with Gasteiger partial charge in [-0.3, -0.25) is 0 Å². The van der Waals surface area contributed by atoms with E-state index >= 15 is 0 Å². The second kappa shape index (κ2) is 3.81. The van der Waals surface area contributed by atoms with E-state index in [-0.39, 0.29) is 0 Å². The van der Waals surface area contributed by atoms with Crippen LogP contribution in [0.15, 0.2) is 11.5 Å². The zero-order valence-corrected chi connectivity index (χ0v) is 8.05. The third-order valence-corrected chi connectivity index (χ3v) is 4.05. The Labute approximate surface area is 76.9 Å². The molecule has 2 rings (SSSR count). The SMILES string of the molecule is [O-][S+]1C=CCN1C1CCCCC1. The highest BCUT2D eigenvalue weighted by Gasteiger charge is 2.30. The van der Waals surface area contributed by atoms with Gasteiger partial charge in [-0.15, -0.1) is 4.31 Å². The van der Waals surface area contributed by atoms with Crippen molar-refractivity contribution < 1.29 is 4.55 Å². The van der Waals surface area contributed by atoms with Gasteiger partial charge in [0.25, 0.3) is 0 Å². The smallest absolute Gasteiger partial charge is 0.136 e. The van der Waals surface area contributed by atoms with E-state index in [0.717, 1.165) is 6.54 Å². The molecule has 1 atom stereocenters. The van der Waals surface area contributed by atoms with Crippen molar-refractivity contribution in [3.63, 3.8) is 0 Å². The van der Waals surface area contributed by atoms with Crippen molar-refractivity contribution in [1.29, 1.82) is 0 Å². The molecule has 0 aromatic carbocycles. The van der Waals surface area contributed by atoms with E-state index in [1.807, 2.05) is 11.5 Å². The van der Waals surface area contributed by atoms with Crippen LogP contribution in [0.2, 0.25) is 0 Å². The minimum absolute atomic E-state index is 0.592. The molecule has 2 nitrogen and oxygen atoms in total. The summed E-state index contributed by atoms with van der Waals surface area (Å²) < 4.78 is 13.5. The van der Waals surface area contributed by atoms with Crippen molar-refractivity contribution in [3.05, 3.63) is 11.5 Å². The van der Waals surface area contributed by atoms with Gasteiger partial charge in [-0.2, -0.15) is 0 Å². The van der Waals surface area contributed by atoms with Gasteiger partial charge >= 0.3 is 0 Å². The molecule has 1 unspecified atom stereocenters. The van der Waals surface area contributed by atoms with Crippen LogP contribution in [0, 0.1) is 0 Å². The molecule has 12 heavy (non-hydrogen) atoms. The summed E-state index contributed by atoms with van der Waals surface area (Å²) in [5.74, 6) is 0. The third-order valence-electron chi connectivity index (χ3n) is 2.71. The quantitative estimate of drug-likeness (QED) is 0.582. The molecular weight excluding hydrogens is 170 g/mol. The van der Waals surface area contributed by atoms with E-state index in [4.69, 9.17) is 0 Å². The Balaban J connectivity index is 1.90. The molecular formula is C9H15NOS. The molecule has 0 amide bonds. The lowest BCUT2D eigenvalue weighted by atomic mass is 9.95. The van der Waals surface area contributed by atoms with Crippen LogP contribution in [-0.2, 0) is 11.4 Å². The van der Waals surface area contributed by atoms with Crippen LogP contribution in [0.3, 0.4) is 0 Å². The highest BCUT2D eigenvalue weighted by Crippen LogP contribution is 2.26. The molecule has 1 aliphatic heterocycles. The molecule has 0 bridgehead atoms. The fourth-order valence-corrected chi connectivity index (χ4v) is 3.19. The van der Waals surface area contributed by atoms with Crippen LogP contribution in [-0.4, -0.2) is 21.4 Å². The van der Waals surface area contributed by atoms with Gasteiger partial charge in [0.2, 0.25) is 0 Å². The molecule has 0 radical (unpaired) electrons. The zero-order chi connectivity index (χ0) is 8.39. The summed E-state index contributed by atoms with van der Waals surface area (Å²) in [5.41, 5.74) is 0. The molecule has 3 heteroatoms. The maximum Gasteiger partial charge on any atom is 0.136 e. The standard InChI is InChI=1S/C9H15NOS/c11-12-8-4-7-10(12)9-5-2-1-3-6-9/h4,8-9H,1-3,5-7H2. The summed E-state index contributed by atoms with van der Waals surface area (Å²) in [6, 6.07) is 0.592. The molecule has 0 aromatic heterocycles. The largest absolute Gasteiger partial charge is 0.593 e. The monoisotopic (exact) mass is 185 g/mol. The Bertz CT molecular complexity index is 177. The normalized spacial score (nSPS) is 32.9. The molecule has 68 valence electrons. The van der Waals surface area contributed by atoms with Gasteiger partial charge in [0.15, 0.2) is 0 Å². The average molecular weight is 185 g/mol. The van der Waals surface area contributed by atoms with Crippen LogP contribution >= 0.6 is 0 Å². The summed E-state index contributed by atoms with van der Waals surface area (Å²) in [6.07, 6.45) is 8.51. The predicted octanol–water partition coefficient (Wildman–Crippen LogP) is 1.81. The highest BCUT2D eigenvalue weighted by atomic mass is 32.2. The van der Waals surface area contributed by atoms with Crippen molar-refractivity contribution in [1.82, 2.24) is 4.31 Å². The first kappa shape index (κ1) is 8.60. The first-order valence-corrected chi connectivity index (χ1v) is 5.89. The lowest BCUT2D eigenvalue weighted by Gasteiger charge is -2.29. The Kier molecular flexibility index (Phi) is 2.73. The van der Waals surface area contributed by atoms with E-state index < -0.39 is 11.4 Å². The predicted molar refractivity (Wildman–Crippen MR) is 50.9 cm³/mol. The van der Waals surface area contributed by atoms with Gasteiger partial charge in [-0.1, -0.05) is 19.3 Å². The van der Waals surface area contributed by atoms with Gasteiger partial charge in [-0.25, -0.2) is 0 Å². The molecule has 1 saturated carbocycles. The van der Waals surface area contributed by atoms with Gasteiger partial charge in [-0.05, 0) is 18.9 Å². The Hall–Kier alpha value is 0.01000. The first-order valence-electron chi connectivity index (χ1n) is 4.72. The number of hydrogen-bond acceptors (Lipinski definition) is 2. The molecule has 1 aliphatic carbocycles. The molecule has 1 heterocycles. The second-order valence-corrected chi connectivity index (χ2v) is 4.83. The summed E-state index contributed by atoms with van der Waals surface area (Å²) in [5, 5.41) is 1.81. The van der Waals surface area contributed by atoms with Gasteiger partial charge in [0.05, 0.1) is 23.9 Å². The Morgan fingerprint density at radius 3 is 2.58 bits per heavy atom.